The minimum atomic E-state index is 0.690. The minimum Gasteiger partial charge on any atom is -0.370 e. The highest BCUT2D eigenvalue weighted by molar-refractivity contribution is 5.49. The number of rotatable bonds is 7. The van der Waals surface area contributed by atoms with Crippen LogP contribution in [0, 0.1) is 12.8 Å². The predicted octanol–water partition coefficient (Wildman–Crippen LogP) is 3.88. The van der Waals surface area contributed by atoms with E-state index in [1.807, 2.05) is 19.1 Å². The van der Waals surface area contributed by atoms with Gasteiger partial charge in [0.2, 0.25) is 0 Å². The molecule has 0 amide bonds. The van der Waals surface area contributed by atoms with Crippen LogP contribution in [-0.4, -0.2) is 23.6 Å². The van der Waals surface area contributed by atoms with Crippen molar-refractivity contribution < 1.29 is 0 Å². The Morgan fingerprint density at radius 1 is 1.14 bits per heavy atom. The zero-order valence-corrected chi connectivity index (χ0v) is 14.0. The summed E-state index contributed by atoms with van der Waals surface area (Å²) in [6.45, 7) is 8.17. The molecule has 0 saturated carbocycles. The maximum absolute atomic E-state index is 4.55. The van der Waals surface area contributed by atoms with Crippen LogP contribution < -0.4 is 10.2 Å². The van der Waals surface area contributed by atoms with E-state index in [1.165, 1.54) is 5.56 Å². The molecular formula is C18H26N4. The standard InChI is InChI=1S/C18H26N4/c1-14(2)10-11-19-17-12-18(21-15(3)20-17)22(4)13-16-8-6-5-7-9-16/h5-9,12,14H,10-11,13H2,1-4H3,(H,19,20,21). The monoisotopic (exact) mass is 298 g/mol. The summed E-state index contributed by atoms with van der Waals surface area (Å²) in [6, 6.07) is 12.4. The lowest BCUT2D eigenvalue weighted by atomic mass is 10.1. The lowest BCUT2D eigenvalue weighted by molar-refractivity contribution is 0.606. The molecule has 0 aliphatic carbocycles. The van der Waals surface area contributed by atoms with Gasteiger partial charge in [0.1, 0.15) is 17.5 Å². The Morgan fingerprint density at radius 2 is 1.86 bits per heavy atom. The van der Waals surface area contributed by atoms with Crippen molar-refractivity contribution in [3.05, 3.63) is 47.8 Å². The highest BCUT2D eigenvalue weighted by Crippen LogP contribution is 2.17. The third-order valence-electron chi connectivity index (χ3n) is 3.51. The highest BCUT2D eigenvalue weighted by atomic mass is 15.2. The second-order valence-electron chi connectivity index (χ2n) is 6.11. The number of aryl methyl sites for hydroxylation is 1. The van der Waals surface area contributed by atoms with Crippen LogP contribution in [0.3, 0.4) is 0 Å². The van der Waals surface area contributed by atoms with Crippen molar-refractivity contribution >= 4 is 11.6 Å². The first-order valence-electron chi connectivity index (χ1n) is 7.89. The Morgan fingerprint density at radius 3 is 2.55 bits per heavy atom. The number of aromatic nitrogens is 2. The fourth-order valence-corrected chi connectivity index (χ4v) is 2.27. The van der Waals surface area contributed by atoms with Crippen LogP contribution in [0.1, 0.15) is 31.7 Å². The molecule has 22 heavy (non-hydrogen) atoms. The Labute approximate surface area is 133 Å². The quantitative estimate of drug-likeness (QED) is 0.842. The van der Waals surface area contributed by atoms with Gasteiger partial charge in [-0.15, -0.1) is 0 Å². The van der Waals surface area contributed by atoms with E-state index in [4.69, 9.17) is 0 Å². The molecule has 0 unspecified atom stereocenters. The second-order valence-corrected chi connectivity index (χ2v) is 6.11. The van der Waals surface area contributed by atoms with Crippen LogP contribution >= 0.6 is 0 Å². The van der Waals surface area contributed by atoms with Gasteiger partial charge in [-0.2, -0.15) is 0 Å². The molecule has 1 heterocycles. The highest BCUT2D eigenvalue weighted by Gasteiger charge is 2.07. The molecule has 4 heteroatoms. The lowest BCUT2D eigenvalue weighted by Crippen LogP contribution is -2.19. The smallest absolute Gasteiger partial charge is 0.134 e. The predicted molar refractivity (Wildman–Crippen MR) is 93.3 cm³/mol. The number of hydrogen-bond acceptors (Lipinski definition) is 4. The summed E-state index contributed by atoms with van der Waals surface area (Å²) in [7, 11) is 2.06. The Hall–Kier alpha value is -2.10. The molecule has 118 valence electrons. The maximum Gasteiger partial charge on any atom is 0.134 e. The first-order valence-corrected chi connectivity index (χ1v) is 7.89. The molecule has 0 bridgehead atoms. The number of anilines is 2. The van der Waals surface area contributed by atoms with Crippen molar-refractivity contribution in [3.63, 3.8) is 0 Å². The van der Waals surface area contributed by atoms with Gasteiger partial charge in [-0.3, -0.25) is 0 Å². The van der Waals surface area contributed by atoms with Crippen molar-refractivity contribution in [2.75, 3.05) is 23.8 Å². The van der Waals surface area contributed by atoms with Gasteiger partial charge in [-0.05, 0) is 24.8 Å². The fraction of sp³-hybridized carbons (Fsp3) is 0.444. The van der Waals surface area contributed by atoms with Crippen molar-refractivity contribution in [1.29, 1.82) is 0 Å². The molecule has 0 aliphatic rings. The topological polar surface area (TPSA) is 41.1 Å². The van der Waals surface area contributed by atoms with E-state index in [0.29, 0.717) is 5.92 Å². The van der Waals surface area contributed by atoms with Gasteiger partial charge in [-0.1, -0.05) is 44.2 Å². The van der Waals surface area contributed by atoms with E-state index in [1.54, 1.807) is 0 Å². The van der Waals surface area contributed by atoms with Crippen molar-refractivity contribution in [2.45, 2.75) is 33.7 Å². The normalized spacial score (nSPS) is 10.8. The first kappa shape index (κ1) is 16.3. The number of benzene rings is 1. The maximum atomic E-state index is 4.55. The van der Waals surface area contributed by atoms with E-state index in [-0.39, 0.29) is 0 Å². The number of nitrogens with one attached hydrogen (secondary N) is 1. The van der Waals surface area contributed by atoms with Gasteiger partial charge in [0.15, 0.2) is 0 Å². The fourth-order valence-electron chi connectivity index (χ4n) is 2.27. The zero-order chi connectivity index (χ0) is 15.9. The van der Waals surface area contributed by atoms with Crippen LogP contribution in [0.25, 0.3) is 0 Å². The molecule has 0 aliphatic heterocycles. The summed E-state index contributed by atoms with van der Waals surface area (Å²) in [5.41, 5.74) is 1.27. The summed E-state index contributed by atoms with van der Waals surface area (Å²) >= 11 is 0. The molecule has 1 N–H and O–H groups in total. The van der Waals surface area contributed by atoms with E-state index in [0.717, 1.165) is 37.0 Å². The molecule has 0 saturated heterocycles. The Kier molecular flexibility index (Phi) is 5.75. The number of hydrogen-bond donors (Lipinski definition) is 1. The molecule has 2 aromatic rings. The largest absolute Gasteiger partial charge is 0.370 e. The Bertz CT molecular complexity index is 581. The van der Waals surface area contributed by atoms with Crippen molar-refractivity contribution in [3.8, 4) is 0 Å². The average Bonchev–Trinajstić information content (AvgIpc) is 2.47. The van der Waals surface area contributed by atoms with Gasteiger partial charge in [0.05, 0.1) is 0 Å². The summed E-state index contributed by atoms with van der Waals surface area (Å²) in [6.07, 6.45) is 1.14. The van der Waals surface area contributed by atoms with Crippen LogP contribution in [-0.2, 0) is 6.54 Å². The van der Waals surface area contributed by atoms with E-state index in [9.17, 15) is 0 Å². The summed E-state index contributed by atoms with van der Waals surface area (Å²) in [5.74, 6) is 3.34. The minimum absolute atomic E-state index is 0.690. The third-order valence-corrected chi connectivity index (χ3v) is 3.51. The van der Waals surface area contributed by atoms with Gasteiger partial charge < -0.3 is 10.2 Å². The van der Waals surface area contributed by atoms with E-state index in [2.05, 4.69) is 65.3 Å². The molecule has 0 spiro atoms. The van der Waals surface area contributed by atoms with Gasteiger partial charge in [0.25, 0.3) is 0 Å². The summed E-state index contributed by atoms with van der Waals surface area (Å²) < 4.78 is 0. The van der Waals surface area contributed by atoms with E-state index < -0.39 is 0 Å². The molecule has 1 aromatic heterocycles. The molecule has 0 atom stereocenters. The van der Waals surface area contributed by atoms with Crippen LogP contribution in [0.15, 0.2) is 36.4 Å². The van der Waals surface area contributed by atoms with Crippen LogP contribution in [0.5, 0.6) is 0 Å². The molecule has 2 rings (SSSR count). The van der Waals surface area contributed by atoms with E-state index >= 15 is 0 Å². The molecular weight excluding hydrogens is 272 g/mol. The summed E-state index contributed by atoms with van der Waals surface area (Å²) in [5, 5.41) is 3.40. The van der Waals surface area contributed by atoms with Crippen LogP contribution in [0.4, 0.5) is 11.6 Å². The van der Waals surface area contributed by atoms with Gasteiger partial charge in [0, 0.05) is 26.2 Å². The van der Waals surface area contributed by atoms with Gasteiger partial charge >= 0.3 is 0 Å². The van der Waals surface area contributed by atoms with Crippen molar-refractivity contribution in [2.24, 2.45) is 5.92 Å². The average molecular weight is 298 g/mol. The third kappa shape index (κ3) is 5.02. The summed E-state index contributed by atoms with van der Waals surface area (Å²) in [4.78, 5) is 11.2. The first-order chi connectivity index (χ1) is 10.5. The molecule has 0 fully saturated rings. The second kappa shape index (κ2) is 7.78. The Balaban J connectivity index is 2.05. The molecule has 4 nitrogen and oxygen atoms in total. The van der Waals surface area contributed by atoms with Crippen molar-refractivity contribution in [1.82, 2.24) is 9.97 Å². The zero-order valence-electron chi connectivity index (χ0n) is 14.0. The SMILES string of the molecule is Cc1nc(NCCC(C)C)cc(N(C)Cc2ccccc2)n1. The molecule has 0 radical (unpaired) electrons. The number of nitrogens with zero attached hydrogens (tertiary/aromatic N) is 3. The molecule has 1 aromatic carbocycles. The lowest BCUT2D eigenvalue weighted by Gasteiger charge is -2.19. The van der Waals surface area contributed by atoms with Gasteiger partial charge in [-0.25, -0.2) is 9.97 Å². The van der Waals surface area contributed by atoms with Crippen LogP contribution in [0.2, 0.25) is 0 Å².